The summed E-state index contributed by atoms with van der Waals surface area (Å²) in [6.07, 6.45) is 0.502. The van der Waals surface area contributed by atoms with Gasteiger partial charge in [-0.25, -0.2) is 0 Å². The number of benzene rings is 1. The molecule has 1 amide bonds. The molecule has 0 bridgehead atoms. The molecule has 5 heteroatoms. The standard InChI is InChI=1S/C15H22N2O2.ClH/c1-12-3-5-13(6-4-12)10-17(2)15(18)9-14-11-19-8-7-16-14;/h3-6,14,16H,7-11H2,1-2H3;1H. The molecular weight excluding hydrogens is 276 g/mol. The molecular formula is C15H23ClN2O2. The minimum Gasteiger partial charge on any atom is -0.378 e. The smallest absolute Gasteiger partial charge is 0.224 e. The molecule has 1 aliphatic heterocycles. The van der Waals surface area contributed by atoms with Crippen molar-refractivity contribution in [2.75, 3.05) is 26.8 Å². The Balaban J connectivity index is 0.00000200. The molecule has 1 aliphatic rings. The fourth-order valence-corrected chi connectivity index (χ4v) is 2.17. The van der Waals surface area contributed by atoms with E-state index in [0.29, 0.717) is 19.6 Å². The first kappa shape index (κ1) is 17.0. The van der Waals surface area contributed by atoms with Gasteiger partial charge in [0.2, 0.25) is 5.91 Å². The average Bonchev–Trinajstić information content (AvgIpc) is 2.42. The third kappa shape index (κ3) is 5.12. The highest BCUT2D eigenvalue weighted by molar-refractivity contribution is 5.85. The van der Waals surface area contributed by atoms with E-state index in [9.17, 15) is 4.79 Å². The van der Waals surface area contributed by atoms with Crippen LogP contribution in [-0.2, 0) is 16.1 Å². The van der Waals surface area contributed by atoms with E-state index >= 15 is 0 Å². The van der Waals surface area contributed by atoms with Crippen molar-refractivity contribution in [1.82, 2.24) is 10.2 Å². The van der Waals surface area contributed by atoms with E-state index in [1.54, 1.807) is 4.90 Å². The van der Waals surface area contributed by atoms with E-state index in [0.717, 1.165) is 18.7 Å². The number of carbonyl (C=O) groups is 1. The number of morpholine rings is 1. The molecule has 1 N–H and O–H groups in total. The molecule has 4 nitrogen and oxygen atoms in total. The lowest BCUT2D eigenvalue weighted by Crippen LogP contribution is -2.44. The summed E-state index contributed by atoms with van der Waals surface area (Å²) in [5.74, 6) is 0.156. The van der Waals surface area contributed by atoms with Crippen LogP contribution in [0.2, 0.25) is 0 Å². The second-order valence-electron chi connectivity index (χ2n) is 5.17. The maximum absolute atomic E-state index is 12.1. The Bertz CT molecular complexity index is 416. The van der Waals surface area contributed by atoms with Gasteiger partial charge in [-0.2, -0.15) is 0 Å². The molecule has 0 radical (unpaired) electrons. The molecule has 0 aliphatic carbocycles. The zero-order valence-electron chi connectivity index (χ0n) is 12.1. The van der Waals surface area contributed by atoms with Crippen LogP contribution in [-0.4, -0.2) is 43.7 Å². The number of rotatable bonds is 4. The Kier molecular flexibility index (Phi) is 6.99. The lowest BCUT2D eigenvalue weighted by atomic mass is 10.1. The maximum Gasteiger partial charge on any atom is 0.224 e. The van der Waals surface area contributed by atoms with Gasteiger partial charge in [0.05, 0.1) is 13.2 Å². The van der Waals surface area contributed by atoms with E-state index in [2.05, 4.69) is 36.5 Å². The third-order valence-electron chi connectivity index (χ3n) is 3.39. The average molecular weight is 299 g/mol. The highest BCUT2D eigenvalue weighted by Gasteiger charge is 2.19. The van der Waals surface area contributed by atoms with Gasteiger partial charge >= 0.3 is 0 Å². The van der Waals surface area contributed by atoms with Gasteiger partial charge in [-0.3, -0.25) is 4.79 Å². The minimum absolute atomic E-state index is 0. The maximum atomic E-state index is 12.1. The van der Waals surface area contributed by atoms with Crippen LogP contribution in [0.15, 0.2) is 24.3 Å². The van der Waals surface area contributed by atoms with E-state index in [-0.39, 0.29) is 24.4 Å². The Hall–Kier alpha value is -1.10. The summed E-state index contributed by atoms with van der Waals surface area (Å²) in [4.78, 5) is 13.9. The first-order valence-electron chi connectivity index (χ1n) is 6.76. The van der Waals surface area contributed by atoms with Gasteiger partial charge in [-0.05, 0) is 12.5 Å². The molecule has 1 fully saturated rings. The van der Waals surface area contributed by atoms with Crippen LogP contribution in [0.1, 0.15) is 17.5 Å². The Morgan fingerprint density at radius 3 is 2.70 bits per heavy atom. The number of nitrogens with zero attached hydrogens (tertiary/aromatic N) is 1. The van der Waals surface area contributed by atoms with Crippen LogP contribution in [0, 0.1) is 6.92 Å². The van der Waals surface area contributed by atoms with Crippen molar-refractivity contribution in [2.24, 2.45) is 0 Å². The molecule has 0 spiro atoms. The van der Waals surface area contributed by atoms with Gasteiger partial charge in [-0.1, -0.05) is 29.8 Å². The lowest BCUT2D eigenvalue weighted by molar-refractivity contribution is -0.131. The summed E-state index contributed by atoms with van der Waals surface area (Å²) in [6, 6.07) is 8.44. The number of aryl methyl sites for hydroxylation is 1. The Morgan fingerprint density at radius 2 is 2.10 bits per heavy atom. The molecule has 1 aromatic rings. The minimum atomic E-state index is 0. The van der Waals surface area contributed by atoms with Gasteiger partial charge in [0, 0.05) is 32.6 Å². The fraction of sp³-hybridized carbons (Fsp3) is 0.533. The first-order valence-corrected chi connectivity index (χ1v) is 6.76. The van der Waals surface area contributed by atoms with Crippen LogP contribution in [0.25, 0.3) is 0 Å². The summed E-state index contributed by atoms with van der Waals surface area (Å²) in [6.45, 7) is 4.92. The normalized spacial score (nSPS) is 18.2. The molecule has 1 saturated heterocycles. The molecule has 1 unspecified atom stereocenters. The summed E-state index contributed by atoms with van der Waals surface area (Å²) in [5.41, 5.74) is 2.40. The second-order valence-corrected chi connectivity index (χ2v) is 5.17. The van der Waals surface area contributed by atoms with Crippen LogP contribution in [0.3, 0.4) is 0 Å². The number of ether oxygens (including phenoxy) is 1. The molecule has 2 rings (SSSR count). The van der Waals surface area contributed by atoms with Crippen LogP contribution >= 0.6 is 12.4 Å². The van der Waals surface area contributed by atoms with Crippen molar-refractivity contribution >= 4 is 18.3 Å². The van der Waals surface area contributed by atoms with Crippen molar-refractivity contribution in [3.8, 4) is 0 Å². The SMILES string of the molecule is Cc1ccc(CN(C)C(=O)CC2COCCN2)cc1.Cl. The summed E-state index contributed by atoms with van der Waals surface area (Å²) in [7, 11) is 1.85. The van der Waals surface area contributed by atoms with Crippen molar-refractivity contribution in [2.45, 2.75) is 25.9 Å². The monoisotopic (exact) mass is 298 g/mol. The largest absolute Gasteiger partial charge is 0.378 e. The summed E-state index contributed by atoms with van der Waals surface area (Å²) >= 11 is 0. The van der Waals surface area contributed by atoms with E-state index in [4.69, 9.17) is 4.74 Å². The van der Waals surface area contributed by atoms with Gasteiger partial charge in [-0.15, -0.1) is 12.4 Å². The number of nitrogens with one attached hydrogen (secondary N) is 1. The van der Waals surface area contributed by atoms with Crippen molar-refractivity contribution in [3.05, 3.63) is 35.4 Å². The van der Waals surface area contributed by atoms with Crippen molar-refractivity contribution < 1.29 is 9.53 Å². The number of carbonyl (C=O) groups excluding carboxylic acids is 1. The van der Waals surface area contributed by atoms with Gasteiger partial charge in [0.15, 0.2) is 0 Å². The van der Waals surface area contributed by atoms with Crippen molar-refractivity contribution in [1.29, 1.82) is 0 Å². The topological polar surface area (TPSA) is 41.6 Å². The number of hydrogen-bond donors (Lipinski definition) is 1. The Labute approximate surface area is 126 Å². The van der Waals surface area contributed by atoms with E-state index < -0.39 is 0 Å². The quantitative estimate of drug-likeness (QED) is 0.921. The molecule has 0 saturated carbocycles. The number of amides is 1. The van der Waals surface area contributed by atoms with E-state index in [1.807, 2.05) is 7.05 Å². The first-order chi connectivity index (χ1) is 9.15. The zero-order valence-corrected chi connectivity index (χ0v) is 12.9. The summed E-state index contributed by atoms with van der Waals surface area (Å²) < 4.78 is 5.36. The number of hydrogen-bond acceptors (Lipinski definition) is 3. The Morgan fingerprint density at radius 1 is 1.40 bits per heavy atom. The molecule has 1 atom stereocenters. The van der Waals surface area contributed by atoms with Crippen LogP contribution < -0.4 is 5.32 Å². The van der Waals surface area contributed by atoms with Gasteiger partial charge < -0.3 is 15.0 Å². The fourth-order valence-electron chi connectivity index (χ4n) is 2.17. The zero-order chi connectivity index (χ0) is 13.7. The molecule has 112 valence electrons. The molecule has 0 aromatic heterocycles. The molecule has 1 heterocycles. The highest BCUT2D eigenvalue weighted by Crippen LogP contribution is 2.08. The predicted molar refractivity (Wildman–Crippen MR) is 82.1 cm³/mol. The second kappa shape index (κ2) is 8.25. The molecule has 1 aromatic carbocycles. The third-order valence-corrected chi connectivity index (χ3v) is 3.39. The lowest BCUT2D eigenvalue weighted by Gasteiger charge is -2.25. The highest BCUT2D eigenvalue weighted by atomic mass is 35.5. The van der Waals surface area contributed by atoms with E-state index in [1.165, 1.54) is 5.56 Å². The van der Waals surface area contributed by atoms with Gasteiger partial charge in [0.1, 0.15) is 0 Å². The summed E-state index contributed by atoms with van der Waals surface area (Å²) in [5, 5.41) is 3.30. The van der Waals surface area contributed by atoms with Crippen LogP contribution in [0.5, 0.6) is 0 Å². The van der Waals surface area contributed by atoms with Crippen molar-refractivity contribution in [3.63, 3.8) is 0 Å². The number of halogens is 1. The van der Waals surface area contributed by atoms with Gasteiger partial charge in [0.25, 0.3) is 0 Å². The predicted octanol–water partition coefficient (Wildman–Crippen LogP) is 1.75. The molecule has 20 heavy (non-hydrogen) atoms. The van der Waals surface area contributed by atoms with Crippen LogP contribution in [0.4, 0.5) is 0 Å².